The number of aromatic nitrogens is 1. The standard InChI is InChI=1S/C56H34N2/c57-34-35-17-19-36(20-18-35)37-21-23-38(24-22-37)56-49-15-6-5-13-46(49)51-31-39(25-28-50(51)56)40-26-30-55-53(32-40)48-14-7-8-16-54(48)58(55)41-27-29-47-44-11-2-1-9-42(44)43-10-3-4-12-45(43)52(47)33-41/h1-33,56H. The molecule has 0 saturated heterocycles. The molecule has 1 heterocycles. The van der Waals surface area contributed by atoms with Gasteiger partial charge in [0.2, 0.25) is 0 Å². The second-order valence-corrected chi connectivity index (χ2v) is 15.5. The Kier molecular flexibility index (Phi) is 7.09. The smallest absolute Gasteiger partial charge is 0.0991 e. The SMILES string of the molecule is N#Cc1ccc(-c2ccc(C3c4ccccc4-c4cc(-c5ccc6c(c5)c5ccccc5n6-c5ccc6c7ccccc7c7ccccc7c6c5)ccc43)cc2)cc1. The molecule has 0 bridgehead atoms. The zero-order chi connectivity index (χ0) is 38.3. The molecule has 1 aromatic heterocycles. The molecule has 0 radical (unpaired) electrons. The molecule has 0 saturated carbocycles. The largest absolute Gasteiger partial charge is 0.309 e. The first-order chi connectivity index (χ1) is 28.7. The van der Waals surface area contributed by atoms with Gasteiger partial charge in [-0.1, -0.05) is 152 Å². The van der Waals surface area contributed by atoms with Crippen LogP contribution in [0.5, 0.6) is 0 Å². The molecule has 10 aromatic carbocycles. The predicted molar refractivity (Wildman–Crippen MR) is 242 cm³/mol. The highest BCUT2D eigenvalue weighted by molar-refractivity contribution is 6.25. The van der Waals surface area contributed by atoms with Crippen molar-refractivity contribution in [1.29, 1.82) is 5.26 Å². The lowest BCUT2D eigenvalue weighted by atomic mass is 9.88. The van der Waals surface area contributed by atoms with Crippen molar-refractivity contribution in [1.82, 2.24) is 4.57 Å². The van der Waals surface area contributed by atoms with E-state index in [1.54, 1.807) is 0 Å². The van der Waals surface area contributed by atoms with Crippen LogP contribution in [0.4, 0.5) is 0 Å². The number of benzene rings is 10. The average molecular weight is 735 g/mol. The highest BCUT2D eigenvalue weighted by Gasteiger charge is 2.30. The van der Waals surface area contributed by atoms with E-state index in [0.29, 0.717) is 5.56 Å². The summed E-state index contributed by atoms with van der Waals surface area (Å²) in [4.78, 5) is 0. The van der Waals surface area contributed by atoms with E-state index >= 15 is 0 Å². The Morgan fingerprint density at radius 2 is 0.897 bits per heavy atom. The van der Waals surface area contributed by atoms with Crippen LogP contribution in [0.15, 0.2) is 200 Å². The highest BCUT2D eigenvalue weighted by Crippen LogP contribution is 2.49. The van der Waals surface area contributed by atoms with Crippen LogP contribution in [0.2, 0.25) is 0 Å². The van der Waals surface area contributed by atoms with E-state index in [1.165, 1.54) is 93.1 Å². The van der Waals surface area contributed by atoms with Crippen LogP contribution in [0, 0.1) is 11.3 Å². The number of para-hydroxylation sites is 1. The van der Waals surface area contributed by atoms with Gasteiger partial charge in [0.1, 0.15) is 0 Å². The molecule has 2 nitrogen and oxygen atoms in total. The Morgan fingerprint density at radius 3 is 1.62 bits per heavy atom. The summed E-state index contributed by atoms with van der Waals surface area (Å²) < 4.78 is 2.44. The van der Waals surface area contributed by atoms with Gasteiger partial charge in [0.05, 0.1) is 22.7 Å². The van der Waals surface area contributed by atoms with Gasteiger partial charge in [0.25, 0.3) is 0 Å². The zero-order valence-electron chi connectivity index (χ0n) is 31.5. The van der Waals surface area contributed by atoms with Gasteiger partial charge in [-0.3, -0.25) is 0 Å². The lowest BCUT2D eigenvalue weighted by molar-refractivity contribution is 1.02. The van der Waals surface area contributed by atoms with E-state index in [-0.39, 0.29) is 5.92 Å². The van der Waals surface area contributed by atoms with Crippen LogP contribution in [-0.4, -0.2) is 4.57 Å². The molecule has 1 atom stereocenters. The molecule has 2 heteroatoms. The maximum absolute atomic E-state index is 9.24. The van der Waals surface area contributed by atoms with Gasteiger partial charge in [-0.25, -0.2) is 0 Å². The second-order valence-electron chi connectivity index (χ2n) is 15.5. The van der Waals surface area contributed by atoms with Crippen molar-refractivity contribution in [3.8, 4) is 45.1 Å². The molecule has 1 aliphatic rings. The molecular weight excluding hydrogens is 701 g/mol. The van der Waals surface area contributed by atoms with Gasteiger partial charge in [-0.05, 0) is 131 Å². The van der Waals surface area contributed by atoms with E-state index in [4.69, 9.17) is 0 Å². The Hall–Kier alpha value is -7.73. The molecular formula is C56H34N2. The van der Waals surface area contributed by atoms with Crippen molar-refractivity contribution in [2.24, 2.45) is 0 Å². The fourth-order valence-electron chi connectivity index (χ4n) is 9.81. The van der Waals surface area contributed by atoms with E-state index in [9.17, 15) is 5.26 Å². The minimum Gasteiger partial charge on any atom is -0.309 e. The average Bonchev–Trinajstić information content (AvgIpc) is 3.81. The van der Waals surface area contributed by atoms with Crippen LogP contribution < -0.4 is 0 Å². The summed E-state index contributed by atoms with van der Waals surface area (Å²) in [7, 11) is 0. The fraction of sp³-hybridized carbons (Fsp3) is 0.0179. The molecule has 58 heavy (non-hydrogen) atoms. The topological polar surface area (TPSA) is 28.7 Å². The zero-order valence-corrected chi connectivity index (χ0v) is 31.5. The summed E-state index contributed by atoms with van der Waals surface area (Å²) in [5, 5.41) is 19.4. The summed E-state index contributed by atoms with van der Waals surface area (Å²) in [6, 6.07) is 75.3. The van der Waals surface area contributed by atoms with Gasteiger partial charge < -0.3 is 4.57 Å². The Morgan fingerprint density at radius 1 is 0.362 bits per heavy atom. The Labute approximate surface area is 336 Å². The monoisotopic (exact) mass is 734 g/mol. The molecule has 0 amide bonds. The van der Waals surface area contributed by atoms with Crippen molar-refractivity contribution in [3.05, 3.63) is 222 Å². The summed E-state index contributed by atoms with van der Waals surface area (Å²) in [6.07, 6.45) is 0. The number of nitriles is 1. The molecule has 268 valence electrons. The minimum absolute atomic E-state index is 0.160. The number of nitrogens with zero attached hydrogens (tertiary/aromatic N) is 2. The van der Waals surface area contributed by atoms with E-state index < -0.39 is 0 Å². The van der Waals surface area contributed by atoms with E-state index in [0.717, 1.165) is 16.8 Å². The molecule has 1 unspecified atom stereocenters. The van der Waals surface area contributed by atoms with Crippen molar-refractivity contribution in [2.45, 2.75) is 5.92 Å². The van der Waals surface area contributed by atoms with Gasteiger partial charge in [0, 0.05) is 22.4 Å². The second kappa shape index (κ2) is 12.6. The van der Waals surface area contributed by atoms with Gasteiger partial charge in [-0.15, -0.1) is 0 Å². The Bertz CT molecular complexity index is 3470. The van der Waals surface area contributed by atoms with Crippen LogP contribution in [0.3, 0.4) is 0 Å². The Balaban J connectivity index is 0.965. The van der Waals surface area contributed by atoms with Gasteiger partial charge >= 0.3 is 0 Å². The maximum atomic E-state index is 9.24. The number of hydrogen-bond acceptors (Lipinski definition) is 1. The van der Waals surface area contributed by atoms with E-state index in [1.807, 2.05) is 24.3 Å². The molecule has 1 aliphatic carbocycles. The van der Waals surface area contributed by atoms with Crippen molar-refractivity contribution in [3.63, 3.8) is 0 Å². The molecule has 0 fully saturated rings. The van der Waals surface area contributed by atoms with Crippen LogP contribution in [-0.2, 0) is 0 Å². The third-order valence-electron chi connectivity index (χ3n) is 12.5. The maximum Gasteiger partial charge on any atom is 0.0991 e. The number of fused-ring (bicyclic) bond motifs is 12. The number of rotatable bonds is 4. The first-order valence-corrected chi connectivity index (χ1v) is 19.9. The predicted octanol–water partition coefficient (Wildman–Crippen LogP) is 14.6. The molecule has 0 spiro atoms. The summed E-state index contributed by atoms with van der Waals surface area (Å²) in [5.74, 6) is 0.160. The highest BCUT2D eigenvalue weighted by atomic mass is 15.0. The third-order valence-corrected chi connectivity index (χ3v) is 12.5. The quantitative estimate of drug-likeness (QED) is 0.166. The van der Waals surface area contributed by atoms with Crippen LogP contribution in [0.1, 0.15) is 28.2 Å². The van der Waals surface area contributed by atoms with Crippen LogP contribution >= 0.6 is 0 Å². The van der Waals surface area contributed by atoms with Crippen LogP contribution in [0.25, 0.3) is 93.2 Å². The first kappa shape index (κ1) is 32.5. The van der Waals surface area contributed by atoms with E-state index in [2.05, 4.69) is 187 Å². The normalized spacial score (nSPS) is 13.3. The fourth-order valence-corrected chi connectivity index (χ4v) is 9.81. The summed E-state index contributed by atoms with van der Waals surface area (Å²) in [6.45, 7) is 0. The lowest BCUT2D eigenvalue weighted by Crippen LogP contribution is -1.99. The molecule has 12 rings (SSSR count). The third kappa shape index (κ3) is 4.84. The number of hydrogen-bond donors (Lipinski definition) is 0. The molecule has 11 aromatic rings. The van der Waals surface area contributed by atoms with Gasteiger partial charge in [-0.2, -0.15) is 5.26 Å². The summed E-state index contributed by atoms with van der Waals surface area (Å²) >= 11 is 0. The van der Waals surface area contributed by atoms with Crippen molar-refractivity contribution in [2.75, 3.05) is 0 Å². The molecule has 0 aliphatic heterocycles. The minimum atomic E-state index is 0.160. The van der Waals surface area contributed by atoms with Crippen molar-refractivity contribution < 1.29 is 0 Å². The molecule has 0 N–H and O–H groups in total. The summed E-state index contributed by atoms with van der Waals surface area (Å²) in [5.41, 5.74) is 15.5. The lowest BCUT2D eigenvalue weighted by Gasteiger charge is -2.16. The first-order valence-electron chi connectivity index (χ1n) is 19.9. The van der Waals surface area contributed by atoms with Crippen molar-refractivity contribution >= 4 is 54.1 Å². The van der Waals surface area contributed by atoms with Gasteiger partial charge in [0.15, 0.2) is 0 Å².